The molecule has 9 heteroatoms. The number of halogens is 1. The molecule has 3 aromatic rings. The molecule has 166 valence electrons. The second-order valence-corrected chi connectivity index (χ2v) is 9.02. The van der Waals surface area contributed by atoms with Gasteiger partial charge in [-0.1, -0.05) is 25.4 Å². The summed E-state index contributed by atoms with van der Waals surface area (Å²) in [6.07, 6.45) is 0.591. The van der Waals surface area contributed by atoms with Crippen molar-refractivity contribution in [3.05, 3.63) is 63.4 Å². The van der Waals surface area contributed by atoms with Gasteiger partial charge in [-0.25, -0.2) is 4.98 Å². The topological polar surface area (TPSA) is 98.6 Å². The number of ketones is 1. The summed E-state index contributed by atoms with van der Waals surface area (Å²) < 4.78 is 15.7. The Labute approximate surface area is 194 Å². The van der Waals surface area contributed by atoms with E-state index in [9.17, 15) is 14.7 Å². The van der Waals surface area contributed by atoms with Gasteiger partial charge in [-0.05, 0) is 48.3 Å². The molecule has 2 aromatic carbocycles. The van der Waals surface area contributed by atoms with Gasteiger partial charge in [-0.3, -0.25) is 9.59 Å². The monoisotopic (exact) mass is 472 g/mol. The first kappa shape index (κ1) is 22.2. The van der Waals surface area contributed by atoms with Crippen molar-refractivity contribution in [3.8, 4) is 17.2 Å². The predicted octanol–water partition coefficient (Wildman–Crippen LogP) is 5.48. The second-order valence-electron chi connectivity index (χ2n) is 7.78. The van der Waals surface area contributed by atoms with E-state index in [1.807, 2.05) is 13.8 Å². The standard InChI is InChI=1S/C23H21ClN2O5S/c1-12(2)22-25-21(32-26-22)10-18(27)13-3-5-14(6-4-13)31-20-11-19-16(9-17(20)24)15(23(28)29)7-8-30-19/h3-6,9,11-12,15H,7-8,10H2,1-2H3,(H,28,29). The van der Waals surface area contributed by atoms with Gasteiger partial charge in [-0.15, -0.1) is 0 Å². The van der Waals surface area contributed by atoms with E-state index in [0.29, 0.717) is 46.4 Å². The molecule has 0 spiro atoms. The van der Waals surface area contributed by atoms with Gasteiger partial charge in [0.1, 0.15) is 28.1 Å². The molecule has 1 N–H and O–H groups in total. The van der Waals surface area contributed by atoms with Crippen LogP contribution in [-0.4, -0.2) is 32.8 Å². The number of fused-ring (bicyclic) bond motifs is 1. The zero-order valence-corrected chi connectivity index (χ0v) is 19.1. The highest BCUT2D eigenvalue weighted by molar-refractivity contribution is 7.05. The number of rotatable bonds is 7. The molecule has 0 saturated heterocycles. The average Bonchev–Trinajstić information content (AvgIpc) is 3.23. The Balaban J connectivity index is 1.46. The molecule has 0 radical (unpaired) electrons. The molecule has 7 nitrogen and oxygen atoms in total. The molecular weight excluding hydrogens is 452 g/mol. The molecule has 32 heavy (non-hydrogen) atoms. The Hall–Kier alpha value is -2.97. The Morgan fingerprint density at radius 3 is 2.69 bits per heavy atom. The molecule has 0 aliphatic carbocycles. The summed E-state index contributed by atoms with van der Waals surface area (Å²) in [6.45, 7) is 4.34. The number of carbonyl (C=O) groups excluding carboxylic acids is 1. The molecule has 0 bridgehead atoms. The molecule has 0 amide bonds. The Bertz CT molecular complexity index is 1160. The SMILES string of the molecule is CC(C)c1nsc(CC(=O)c2ccc(Oc3cc4c(cc3Cl)C(C(=O)O)CCO4)cc2)n1. The van der Waals surface area contributed by atoms with Crippen LogP contribution in [0, 0.1) is 0 Å². The summed E-state index contributed by atoms with van der Waals surface area (Å²) in [5.74, 6) is 0.659. The van der Waals surface area contributed by atoms with E-state index in [0.717, 1.165) is 5.82 Å². The van der Waals surface area contributed by atoms with Gasteiger partial charge >= 0.3 is 5.97 Å². The van der Waals surface area contributed by atoms with Crippen molar-refractivity contribution in [2.75, 3.05) is 6.61 Å². The van der Waals surface area contributed by atoms with Crippen LogP contribution >= 0.6 is 23.1 Å². The largest absolute Gasteiger partial charge is 0.493 e. The van der Waals surface area contributed by atoms with Gasteiger partial charge in [0.25, 0.3) is 0 Å². The minimum absolute atomic E-state index is 0.0528. The van der Waals surface area contributed by atoms with Crippen LogP contribution in [0.1, 0.15) is 58.9 Å². The van der Waals surface area contributed by atoms with E-state index in [1.165, 1.54) is 11.5 Å². The predicted molar refractivity (Wildman–Crippen MR) is 120 cm³/mol. The lowest BCUT2D eigenvalue weighted by atomic mass is 9.93. The van der Waals surface area contributed by atoms with Crippen molar-refractivity contribution >= 4 is 34.9 Å². The van der Waals surface area contributed by atoms with E-state index >= 15 is 0 Å². The summed E-state index contributed by atoms with van der Waals surface area (Å²) in [5, 5.41) is 10.4. The van der Waals surface area contributed by atoms with Crippen molar-refractivity contribution in [3.63, 3.8) is 0 Å². The zero-order valence-electron chi connectivity index (χ0n) is 17.5. The quantitative estimate of drug-likeness (QED) is 0.454. The maximum atomic E-state index is 12.6. The van der Waals surface area contributed by atoms with Gasteiger partial charge < -0.3 is 14.6 Å². The first-order valence-electron chi connectivity index (χ1n) is 10.1. The van der Waals surface area contributed by atoms with Crippen LogP contribution < -0.4 is 9.47 Å². The average molecular weight is 473 g/mol. The molecule has 1 atom stereocenters. The van der Waals surface area contributed by atoms with Gasteiger partial charge in [0, 0.05) is 23.1 Å². The van der Waals surface area contributed by atoms with Crippen LogP contribution in [0.4, 0.5) is 0 Å². The Kier molecular flexibility index (Phi) is 6.43. The van der Waals surface area contributed by atoms with Crippen LogP contribution in [0.2, 0.25) is 5.02 Å². The fraction of sp³-hybridized carbons (Fsp3) is 0.304. The van der Waals surface area contributed by atoms with Crippen LogP contribution in [-0.2, 0) is 11.2 Å². The van der Waals surface area contributed by atoms with Crippen molar-refractivity contribution < 1.29 is 24.2 Å². The van der Waals surface area contributed by atoms with Crippen LogP contribution in [0.5, 0.6) is 17.2 Å². The van der Waals surface area contributed by atoms with Crippen LogP contribution in [0.15, 0.2) is 36.4 Å². The lowest BCUT2D eigenvalue weighted by Gasteiger charge is -2.24. The molecular formula is C23H21ClN2O5S. The van der Waals surface area contributed by atoms with Gasteiger partial charge in [0.15, 0.2) is 5.78 Å². The third-order valence-electron chi connectivity index (χ3n) is 5.12. The molecule has 1 unspecified atom stereocenters. The van der Waals surface area contributed by atoms with Crippen molar-refractivity contribution in [2.24, 2.45) is 0 Å². The number of ether oxygens (including phenoxy) is 2. The molecule has 0 fully saturated rings. The molecule has 4 rings (SSSR count). The summed E-state index contributed by atoms with van der Waals surface area (Å²) in [5.41, 5.74) is 1.09. The number of aliphatic carboxylic acids is 1. The fourth-order valence-electron chi connectivity index (χ4n) is 3.37. The zero-order chi connectivity index (χ0) is 22.8. The first-order chi connectivity index (χ1) is 15.3. The van der Waals surface area contributed by atoms with Crippen molar-refractivity contribution in [1.82, 2.24) is 9.36 Å². The maximum Gasteiger partial charge on any atom is 0.311 e. The van der Waals surface area contributed by atoms with Crippen molar-refractivity contribution in [2.45, 2.75) is 38.5 Å². The van der Waals surface area contributed by atoms with E-state index in [4.69, 9.17) is 21.1 Å². The lowest BCUT2D eigenvalue weighted by Crippen LogP contribution is -2.20. The lowest BCUT2D eigenvalue weighted by molar-refractivity contribution is -0.139. The first-order valence-corrected chi connectivity index (χ1v) is 11.3. The number of hydrogen-bond donors (Lipinski definition) is 1. The highest BCUT2D eigenvalue weighted by Crippen LogP contribution is 2.41. The van der Waals surface area contributed by atoms with Crippen molar-refractivity contribution in [1.29, 1.82) is 0 Å². The summed E-state index contributed by atoms with van der Waals surface area (Å²) in [6, 6.07) is 9.92. The Morgan fingerprint density at radius 1 is 1.28 bits per heavy atom. The van der Waals surface area contributed by atoms with Gasteiger partial charge in [-0.2, -0.15) is 4.37 Å². The van der Waals surface area contributed by atoms with E-state index in [-0.39, 0.29) is 23.1 Å². The highest BCUT2D eigenvalue weighted by atomic mass is 35.5. The number of carbonyl (C=O) groups is 2. The van der Waals surface area contributed by atoms with Gasteiger partial charge in [0.05, 0.1) is 24.0 Å². The number of carboxylic acid groups (broad SMARTS) is 1. The maximum absolute atomic E-state index is 12.6. The summed E-state index contributed by atoms with van der Waals surface area (Å²) in [4.78, 5) is 28.5. The van der Waals surface area contributed by atoms with E-state index in [2.05, 4.69) is 9.36 Å². The molecule has 0 saturated carbocycles. The molecule has 1 aromatic heterocycles. The molecule has 1 aliphatic rings. The number of benzene rings is 2. The van der Waals surface area contributed by atoms with E-state index in [1.54, 1.807) is 36.4 Å². The summed E-state index contributed by atoms with van der Waals surface area (Å²) in [7, 11) is 0. The molecule has 1 aliphatic heterocycles. The summed E-state index contributed by atoms with van der Waals surface area (Å²) >= 11 is 7.59. The smallest absolute Gasteiger partial charge is 0.311 e. The third-order valence-corrected chi connectivity index (χ3v) is 6.14. The Morgan fingerprint density at radius 2 is 2.03 bits per heavy atom. The van der Waals surface area contributed by atoms with Crippen LogP contribution in [0.3, 0.4) is 0 Å². The third kappa shape index (κ3) is 4.76. The second kappa shape index (κ2) is 9.26. The minimum atomic E-state index is -0.909. The molecule has 2 heterocycles. The normalized spacial score (nSPS) is 15.2. The number of nitrogens with zero attached hydrogens (tertiary/aromatic N) is 2. The number of carboxylic acids is 1. The van der Waals surface area contributed by atoms with E-state index < -0.39 is 11.9 Å². The fourth-order valence-corrected chi connectivity index (χ4v) is 4.37. The minimum Gasteiger partial charge on any atom is -0.493 e. The highest BCUT2D eigenvalue weighted by Gasteiger charge is 2.29. The number of aromatic nitrogens is 2. The number of Topliss-reactive ketones (excluding diaryl/α,β-unsaturated/α-hetero) is 1. The van der Waals surface area contributed by atoms with Crippen LogP contribution in [0.25, 0.3) is 0 Å². The van der Waals surface area contributed by atoms with Gasteiger partial charge in [0.2, 0.25) is 0 Å². The number of hydrogen-bond acceptors (Lipinski definition) is 7.